The van der Waals surface area contributed by atoms with Crippen LogP contribution in [-0.2, 0) is 0 Å². The third kappa shape index (κ3) is 3.06. The zero-order valence-corrected chi connectivity index (χ0v) is 8.56. The quantitative estimate of drug-likeness (QED) is 0.527. The van der Waals surface area contributed by atoms with Crippen LogP contribution in [0.1, 0.15) is 17.7 Å². The fourth-order valence-electron chi connectivity index (χ4n) is 0.754. The van der Waals surface area contributed by atoms with Gasteiger partial charge in [-0.1, -0.05) is 27.8 Å². The Morgan fingerprint density at radius 3 is 2.92 bits per heavy atom. The molecule has 0 N–H and O–H groups in total. The van der Waals surface area contributed by atoms with E-state index >= 15 is 0 Å². The van der Waals surface area contributed by atoms with E-state index in [9.17, 15) is 0 Å². The highest BCUT2D eigenvalue weighted by molar-refractivity contribution is 9.09. The summed E-state index contributed by atoms with van der Waals surface area (Å²) in [6.45, 7) is 1.97. The SMILES string of the molecule is Cc1ccc(C#CCCBr)cn1. The molecule has 1 rings (SSSR count). The second-order valence-corrected chi connectivity index (χ2v) is 3.22. The molecule has 1 aromatic rings. The van der Waals surface area contributed by atoms with E-state index in [2.05, 4.69) is 32.8 Å². The lowest BCUT2D eigenvalue weighted by Gasteiger charge is -1.90. The average molecular weight is 224 g/mol. The van der Waals surface area contributed by atoms with Crippen molar-refractivity contribution in [1.29, 1.82) is 0 Å². The second-order valence-electron chi connectivity index (χ2n) is 2.43. The lowest BCUT2D eigenvalue weighted by atomic mass is 10.2. The van der Waals surface area contributed by atoms with Gasteiger partial charge in [0.2, 0.25) is 0 Å². The molecule has 0 radical (unpaired) electrons. The van der Waals surface area contributed by atoms with Crippen LogP contribution in [0.15, 0.2) is 18.3 Å². The second kappa shape index (κ2) is 4.95. The average Bonchev–Trinajstić information content (AvgIpc) is 2.09. The Balaban J connectivity index is 2.66. The predicted molar refractivity (Wildman–Crippen MR) is 54.3 cm³/mol. The molecular weight excluding hydrogens is 214 g/mol. The van der Waals surface area contributed by atoms with Crippen molar-refractivity contribution in [1.82, 2.24) is 4.98 Å². The van der Waals surface area contributed by atoms with Crippen LogP contribution in [0.2, 0.25) is 0 Å². The van der Waals surface area contributed by atoms with E-state index in [0.717, 1.165) is 23.0 Å². The molecule has 0 aliphatic heterocycles. The van der Waals surface area contributed by atoms with Crippen LogP contribution in [0.3, 0.4) is 0 Å². The third-order valence-electron chi connectivity index (χ3n) is 1.36. The van der Waals surface area contributed by atoms with Crippen molar-refractivity contribution in [2.75, 3.05) is 5.33 Å². The van der Waals surface area contributed by atoms with Crippen molar-refractivity contribution in [3.8, 4) is 11.8 Å². The Hall–Kier alpha value is -0.810. The molecule has 0 spiro atoms. The molecule has 0 aromatic carbocycles. The first-order chi connectivity index (χ1) is 5.83. The van der Waals surface area contributed by atoms with Crippen LogP contribution in [0, 0.1) is 18.8 Å². The number of rotatable bonds is 1. The maximum Gasteiger partial charge on any atom is 0.0428 e. The minimum atomic E-state index is 0.883. The molecule has 0 aliphatic rings. The summed E-state index contributed by atoms with van der Waals surface area (Å²) in [6, 6.07) is 3.96. The van der Waals surface area contributed by atoms with Crippen LogP contribution in [0.4, 0.5) is 0 Å². The zero-order chi connectivity index (χ0) is 8.81. The van der Waals surface area contributed by atoms with Gasteiger partial charge in [0.15, 0.2) is 0 Å². The van der Waals surface area contributed by atoms with Crippen molar-refractivity contribution < 1.29 is 0 Å². The molecule has 0 bridgehead atoms. The van der Waals surface area contributed by atoms with Crippen LogP contribution < -0.4 is 0 Å². The monoisotopic (exact) mass is 223 g/mol. The molecule has 0 fully saturated rings. The van der Waals surface area contributed by atoms with Gasteiger partial charge in [0.25, 0.3) is 0 Å². The molecule has 0 atom stereocenters. The smallest absolute Gasteiger partial charge is 0.0428 e. The molecule has 0 amide bonds. The molecule has 0 unspecified atom stereocenters. The van der Waals surface area contributed by atoms with Gasteiger partial charge >= 0.3 is 0 Å². The number of aryl methyl sites for hydroxylation is 1. The fraction of sp³-hybridized carbons (Fsp3) is 0.300. The van der Waals surface area contributed by atoms with Crippen LogP contribution in [0.5, 0.6) is 0 Å². The zero-order valence-electron chi connectivity index (χ0n) is 6.97. The van der Waals surface area contributed by atoms with E-state index in [0.29, 0.717) is 0 Å². The normalized spacial score (nSPS) is 8.83. The summed E-state index contributed by atoms with van der Waals surface area (Å²) in [5.74, 6) is 6.06. The lowest BCUT2D eigenvalue weighted by Crippen LogP contribution is -1.81. The van der Waals surface area contributed by atoms with Crippen molar-refractivity contribution in [3.05, 3.63) is 29.6 Å². The number of hydrogen-bond donors (Lipinski definition) is 0. The maximum atomic E-state index is 4.14. The van der Waals surface area contributed by atoms with Crippen molar-refractivity contribution >= 4 is 15.9 Å². The van der Waals surface area contributed by atoms with E-state index in [1.807, 2.05) is 19.1 Å². The Morgan fingerprint density at radius 2 is 2.33 bits per heavy atom. The van der Waals surface area contributed by atoms with E-state index in [-0.39, 0.29) is 0 Å². The van der Waals surface area contributed by atoms with E-state index in [1.165, 1.54) is 0 Å². The Bertz CT molecular complexity index is 292. The first-order valence-electron chi connectivity index (χ1n) is 3.80. The number of pyridine rings is 1. The Kier molecular flexibility index (Phi) is 3.83. The predicted octanol–water partition coefficient (Wildman–Crippen LogP) is 2.53. The van der Waals surface area contributed by atoms with Gasteiger partial charge < -0.3 is 0 Å². The first kappa shape index (κ1) is 9.28. The van der Waals surface area contributed by atoms with Gasteiger partial charge in [-0.15, -0.1) is 0 Å². The summed E-state index contributed by atoms with van der Waals surface area (Å²) < 4.78 is 0. The maximum absolute atomic E-state index is 4.14. The van der Waals surface area contributed by atoms with Gasteiger partial charge in [-0.05, 0) is 19.1 Å². The van der Waals surface area contributed by atoms with E-state index in [1.54, 1.807) is 6.20 Å². The summed E-state index contributed by atoms with van der Waals surface area (Å²) in [5.41, 5.74) is 2.02. The van der Waals surface area contributed by atoms with E-state index in [4.69, 9.17) is 0 Å². The molecular formula is C10H10BrN. The highest BCUT2D eigenvalue weighted by Crippen LogP contribution is 1.96. The number of nitrogens with zero attached hydrogens (tertiary/aromatic N) is 1. The molecule has 1 nitrogen and oxygen atoms in total. The molecule has 0 saturated carbocycles. The first-order valence-corrected chi connectivity index (χ1v) is 4.92. The minimum absolute atomic E-state index is 0.883. The molecule has 1 heterocycles. The van der Waals surface area contributed by atoms with Crippen molar-refractivity contribution in [3.63, 3.8) is 0 Å². The highest BCUT2D eigenvalue weighted by atomic mass is 79.9. The van der Waals surface area contributed by atoms with Gasteiger partial charge in [0, 0.05) is 29.2 Å². The molecule has 0 aliphatic carbocycles. The lowest BCUT2D eigenvalue weighted by molar-refractivity contribution is 1.19. The topological polar surface area (TPSA) is 12.9 Å². The van der Waals surface area contributed by atoms with Crippen molar-refractivity contribution in [2.45, 2.75) is 13.3 Å². The molecule has 2 heteroatoms. The molecule has 62 valence electrons. The van der Waals surface area contributed by atoms with Gasteiger partial charge in [-0.2, -0.15) is 0 Å². The molecule has 0 saturated heterocycles. The standard InChI is InChI=1S/C10H10BrN/c1-9-5-6-10(8-12-9)4-2-3-7-11/h5-6,8H,3,7H2,1H3. The molecule has 1 aromatic heterocycles. The fourth-order valence-corrected chi connectivity index (χ4v) is 0.952. The number of alkyl halides is 1. The van der Waals surface area contributed by atoms with Crippen LogP contribution in [-0.4, -0.2) is 10.3 Å². The van der Waals surface area contributed by atoms with Crippen LogP contribution in [0.25, 0.3) is 0 Å². The summed E-state index contributed by atoms with van der Waals surface area (Å²) in [6.07, 6.45) is 2.68. The minimum Gasteiger partial charge on any atom is -0.260 e. The number of hydrogen-bond acceptors (Lipinski definition) is 1. The third-order valence-corrected chi connectivity index (χ3v) is 1.76. The molecule has 12 heavy (non-hydrogen) atoms. The number of halogens is 1. The van der Waals surface area contributed by atoms with Gasteiger partial charge in [-0.3, -0.25) is 4.98 Å². The summed E-state index contributed by atoms with van der Waals surface area (Å²) >= 11 is 3.32. The van der Waals surface area contributed by atoms with Gasteiger partial charge in [0.1, 0.15) is 0 Å². The summed E-state index contributed by atoms with van der Waals surface area (Å²) in [5, 5.41) is 0.930. The van der Waals surface area contributed by atoms with Crippen LogP contribution >= 0.6 is 15.9 Å². The van der Waals surface area contributed by atoms with Gasteiger partial charge in [0.05, 0.1) is 0 Å². The Morgan fingerprint density at radius 1 is 1.50 bits per heavy atom. The summed E-state index contributed by atoms with van der Waals surface area (Å²) in [7, 11) is 0. The summed E-state index contributed by atoms with van der Waals surface area (Å²) in [4.78, 5) is 4.14. The largest absolute Gasteiger partial charge is 0.260 e. The number of aromatic nitrogens is 1. The van der Waals surface area contributed by atoms with Gasteiger partial charge in [-0.25, -0.2) is 0 Å². The Labute approximate surface area is 81.3 Å². The van der Waals surface area contributed by atoms with E-state index < -0.39 is 0 Å². The highest BCUT2D eigenvalue weighted by Gasteiger charge is 1.85. The van der Waals surface area contributed by atoms with Crippen molar-refractivity contribution in [2.24, 2.45) is 0 Å².